The van der Waals surface area contributed by atoms with Gasteiger partial charge in [0, 0.05) is 26.4 Å². The summed E-state index contributed by atoms with van der Waals surface area (Å²) in [5.41, 5.74) is 2.73. The van der Waals surface area contributed by atoms with Crippen LogP contribution >= 0.6 is 23.4 Å². The molecular weight excluding hydrogens is 428 g/mol. The molecule has 6 heteroatoms. The number of carbonyl (C=O) groups is 2. The van der Waals surface area contributed by atoms with E-state index in [9.17, 15) is 9.59 Å². The van der Waals surface area contributed by atoms with Crippen LogP contribution in [0.2, 0.25) is 5.02 Å². The smallest absolute Gasteiger partial charge is 0.259 e. The number of carbonyl (C=O) groups excluding carboxylic acids is 2. The lowest BCUT2D eigenvalue weighted by atomic mass is 10.1. The van der Waals surface area contributed by atoms with Crippen LogP contribution < -0.4 is 10.2 Å². The van der Waals surface area contributed by atoms with Gasteiger partial charge in [0.05, 0.1) is 17.8 Å². The summed E-state index contributed by atoms with van der Waals surface area (Å²) in [5, 5.41) is 3.60. The summed E-state index contributed by atoms with van der Waals surface area (Å²) in [6, 6.07) is 20.7. The van der Waals surface area contributed by atoms with E-state index in [0.717, 1.165) is 21.8 Å². The third-order valence-electron chi connectivity index (χ3n) is 5.37. The minimum absolute atomic E-state index is 0.0748. The molecule has 3 aromatic rings. The molecule has 3 aromatic carbocycles. The summed E-state index contributed by atoms with van der Waals surface area (Å²) >= 11 is 7.94. The van der Waals surface area contributed by atoms with Gasteiger partial charge in [-0.25, -0.2) is 0 Å². The lowest BCUT2D eigenvalue weighted by Crippen LogP contribution is -2.33. The molecule has 1 heterocycles. The molecular formula is C25H23ClN2O2S. The van der Waals surface area contributed by atoms with Gasteiger partial charge in [-0.05, 0) is 55.3 Å². The van der Waals surface area contributed by atoms with Crippen molar-refractivity contribution in [3.63, 3.8) is 0 Å². The van der Waals surface area contributed by atoms with Gasteiger partial charge in [0.15, 0.2) is 0 Å². The monoisotopic (exact) mass is 450 g/mol. The number of fused-ring (bicyclic) bond motifs is 2. The largest absolute Gasteiger partial charge is 0.350 e. The molecule has 0 spiro atoms. The molecule has 1 unspecified atom stereocenters. The third-order valence-corrected chi connectivity index (χ3v) is 6.88. The van der Waals surface area contributed by atoms with Crippen molar-refractivity contribution in [2.24, 2.45) is 0 Å². The molecule has 1 aliphatic rings. The lowest BCUT2D eigenvalue weighted by molar-refractivity contribution is 0.0936. The van der Waals surface area contributed by atoms with E-state index in [2.05, 4.69) is 5.32 Å². The van der Waals surface area contributed by atoms with Gasteiger partial charge in [0.25, 0.3) is 11.8 Å². The van der Waals surface area contributed by atoms with Crippen LogP contribution in [0.1, 0.15) is 46.5 Å². The summed E-state index contributed by atoms with van der Waals surface area (Å²) in [6.45, 7) is 4.32. The van der Waals surface area contributed by atoms with Crippen LogP contribution in [0.4, 0.5) is 5.69 Å². The molecule has 0 aromatic heterocycles. The van der Waals surface area contributed by atoms with Crippen LogP contribution in [0, 0.1) is 0 Å². The zero-order chi connectivity index (χ0) is 22.0. The Morgan fingerprint density at radius 2 is 1.81 bits per heavy atom. The predicted molar refractivity (Wildman–Crippen MR) is 126 cm³/mol. The van der Waals surface area contributed by atoms with Gasteiger partial charge in [-0.2, -0.15) is 0 Å². The molecule has 4 rings (SSSR count). The average Bonchev–Trinajstić information content (AvgIpc) is 2.89. The van der Waals surface area contributed by atoms with Gasteiger partial charge in [-0.15, -0.1) is 0 Å². The quantitative estimate of drug-likeness (QED) is 0.505. The molecule has 0 radical (unpaired) electrons. The highest BCUT2D eigenvalue weighted by molar-refractivity contribution is 7.99. The van der Waals surface area contributed by atoms with E-state index in [1.54, 1.807) is 11.0 Å². The number of nitrogens with zero attached hydrogens (tertiary/aromatic N) is 1. The summed E-state index contributed by atoms with van der Waals surface area (Å²) in [7, 11) is 0. The van der Waals surface area contributed by atoms with E-state index in [0.29, 0.717) is 28.4 Å². The highest BCUT2D eigenvalue weighted by atomic mass is 35.5. The number of amides is 2. The predicted octanol–water partition coefficient (Wildman–Crippen LogP) is 6.18. The van der Waals surface area contributed by atoms with Crippen LogP contribution in [-0.4, -0.2) is 17.9 Å². The Morgan fingerprint density at radius 3 is 2.58 bits per heavy atom. The van der Waals surface area contributed by atoms with Crippen molar-refractivity contribution in [3.8, 4) is 0 Å². The first-order valence-corrected chi connectivity index (χ1v) is 11.4. The molecule has 1 aliphatic heterocycles. The Balaban J connectivity index is 1.80. The molecule has 0 fully saturated rings. The van der Waals surface area contributed by atoms with Crippen molar-refractivity contribution in [1.29, 1.82) is 0 Å². The zero-order valence-electron chi connectivity index (χ0n) is 17.4. The molecule has 0 aliphatic carbocycles. The first kappa shape index (κ1) is 21.5. The van der Waals surface area contributed by atoms with Gasteiger partial charge >= 0.3 is 0 Å². The Labute approximate surface area is 191 Å². The number of halogens is 1. The number of hydrogen-bond donors (Lipinski definition) is 1. The molecule has 0 saturated heterocycles. The standard InChI is InChI=1S/C25H23ClN2O2S/c1-3-16(2)27-24(29)17-12-13-23-21(14-17)28(15-18-8-4-6-10-20(18)26)25(30)19-9-5-7-11-22(19)31-23/h4-14,16H,3,15H2,1-2H3,(H,27,29). The maximum absolute atomic E-state index is 13.6. The summed E-state index contributed by atoms with van der Waals surface area (Å²) in [4.78, 5) is 29.9. The van der Waals surface area contributed by atoms with E-state index in [1.165, 1.54) is 11.8 Å². The fraction of sp³-hybridized carbons (Fsp3) is 0.200. The average molecular weight is 451 g/mol. The van der Waals surface area contributed by atoms with Crippen molar-refractivity contribution < 1.29 is 9.59 Å². The van der Waals surface area contributed by atoms with Gasteiger partial charge in [0.1, 0.15) is 0 Å². The fourth-order valence-corrected chi connectivity index (χ4v) is 4.68. The molecule has 0 saturated carbocycles. The first-order valence-electron chi connectivity index (χ1n) is 10.2. The van der Waals surface area contributed by atoms with Crippen LogP contribution in [-0.2, 0) is 6.54 Å². The van der Waals surface area contributed by atoms with E-state index in [-0.39, 0.29) is 17.9 Å². The van der Waals surface area contributed by atoms with Crippen molar-refractivity contribution in [2.45, 2.75) is 42.6 Å². The highest BCUT2D eigenvalue weighted by Gasteiger charge is 2.28. The van der Waals surface area contributed by atoms with Crippen LogP contribution in [0.15, 0.2) is 76.5 Å². The van der Waals surface area contributed by atoms with Crippen molar-refractivity contribution >= 4 is 40.9 Å². The SMILES string of the molecule is CCC(C)NC(=O)c1ccc2c(c1)N(Cc1ccccc1Cl)C(=O)c1ccccc1S2. The van der Waals surface area contributed by atoms with Crippen molar-refractivity contribution in [2.75, 3.05) is 4.90 Å². The number of rotatable bonds is 5. The maximum atomic E-state index is 13.6. The van der Waals surface area contributed by atoms with Crippen LogP contribution in [0.5, 0.6) is 0 Å². The van der Waals surface area contributed by atoms with Crippen molar-refractivity contribution in [3.05, 3.63) is 88.4 Å². The second-order valence-electron chi connectivity index (χ2n) is 7.55. The Kier molecular flexibility index (Phi) is 6.35. The summed E-state index contributed by atoms with van der Waals surface area (Å²) in [6.07, 6.45) is 0.846. The van der Waals surface area contributed by atoms with Crippen LogP contribution in [0.25, 0.3) is 0 Å². The number of anilines is 1. The molecule has 31 heavy (non-hydrogen) atoms. The van der Waals surface area contributed by atoms with E-state index in [4.69, 9.17) is 11.6 Å². The fourth-order valence-electron chi connectivity index (χ4n) is 3.42. The Bertz CT molecular complexity index is 1150. The highest BCUT2D eigenvalue weighted by Crippen LogP contribution is 2.42. The topological polar surface area (TPSA) is 49.4 Å². The second kappa shape index (κ2) is 9.16. The summed E-state index contributed by atoms with van der Waals surface area (Å²) in [5.74, 6) is -0.254. The molecule has 158 valence electrons. The number of nitrogens with one attached hydrogen (secondary N) is 1. The first-order chi connectivity index (χ1) is 15.0. The molecule has 1 atom stereocenters. The number of benzene rings is 3. The molecule has 4 nitrogen and oxygen atoms in total. The van der Waals surface area contributed by atoms with Crippen LogP contribution in [0.3, 0.4) is 0 Å². The van der Waals surface area contributed by atoms with E-state index in [1.807, 2.05) is 74.5 Å². The Morgan fingerprint density at radius 1 is 1.06 bits per heavy atom. The molecule has 0 bridgehead atoms. The lowest BCUT2D eigenvalue weighted by Gasteiger charge is -2.24. The number of hydrogen-bond acceptors (Lipinski definition) is 3. The van der Waals surface area contributed by atoms with E-state index < -0.39 is 0 Å². The Hall–Kier alpha value is -2.76. The van der Waals surface area contributed by atoms with E-state index >= 15 is 0 Å². The van der Waals surface area contributed by atoms with Gasteiger partial charge in [0.2, 0.25) is 0 Å². The zero-order valence-corrected chi connectivity index (χ0v) is 19.0. The minimum atomic E-state index is -0.144. The molecule has 1 N–H and O–H groups in total. The normalized spacial score (nSPS) is 13.8. The minimum Gasteiger partial charge on any atom is -0.350 e. The third kappa shape index (κ3) is 4.48. The van der Waals surface area contributed by atoms with Gasteiger partial charge in [-0.1, -0.05) is 60.6 Å². The summed E-state index contributed by atoms with van der Waals surface area (Å²) < 4.78 is 0. The second-order valence-corrected chi connectivity index (χ2v) is 9.04. The van der Waals surface area contributed by atoms with Gasteiger partial charge < -0.3 is 10.2 Å². The van der Waals surface area contributed by atoms with Gasteiger partial charge in [-0.3, -0.25) is 9.59 Å². The maximum Gasteiger partial charge on any atom is 0.259 e. The molecule has 2 amide bonds. The van der Waals surface area contributed by atoms with Crippen molar-refractivity contribution in [1.82, 2.24) is 5.32 Å².